The van der Waals surface area contributed by atoms with Gasteiger partial charge in [0.05, 0.1) is 12.0 Å². The molecule has 1 heterocycles. The number of carbonyl (C=O) groups is 1. The van der Waals surface area contributed by atoms with Gasteiger partial charge in [0.1, 0.15) is 0 Å². The Balaban J connectivity index is 0.00000243. The van der Waals surface area contributed by atoms with E-state index in [1.54, 1.807) is 12.1 Å². The average molecular weight is 386 g/mol. The molecule has 26 heavy (non-hydrogen) atoms. The third-order valence-electron chi connectivity index (χ3n) is 5.19. The maximum Gasteiger partial charge on any atom is 0.343 e. The summed E-state index contributed by atoms with van der Waals surface area (Å²) in [4.78, 5) is 24.3. The van der Waals surface area contributed by atoms with Crippen LogP contribution >= 0.6 is 12.4 Å². The molecule has 0 amide bonds. The molecule has 3 unspecified atom stereocenters. The summed E-state index contributed by atoms with van der Waals surface area (Å²) < 4.78 is 9.68. The van der Waals surface area contributed by atoms with E-state index >= 15 is 0 Å². The number of methoxy groups -OCH3 is 1. The van der Waals surface area contributed by atoms with E-state index in [1.165, 1.54) is 19.6 Å². The standard InChI is InChI=1S/C17H23N3O5.ClH/c1-24-17(21)10-25-16-5-2-11(6-15(16)20(22)23)7-19-8-12-3-4-14(18)13(12)9-19;/h2,5-6,12-14H,3-4,7-10,18H2,1H3;1H. The van der Waals surface area contributed by atoms with E-state index < -0.39 is 10.9 Å². The molecule has 1 aromatic rings. The van der Waals surface area contributed by atoms with Crippen LogP contribution in [-0.4, -0.2) is 48.6 Å². The van der Waals surface area contributed by atoms with Crippen molar-refractivity contribution in [3.63, 3.8) is 0 Å². The second-order valence-corrected chi connectivity index (χ2v) is 6.78. The Morgan fingerprint density at radius 1 is 1.38 bits per heavy atom. The summed E-state index contributed by atoms with van der Waals surface area (Å²) in [6.07, 6.45) is 2.27. The van der Waals surface area contributed by atoms with E-state index in [2.05, 4.69) is 9.64 Å². The summed E-state index contributed by atoms with van der Waals surface area (Å²) in [5, 5.41) is 11.3. The fourth-order valence-electron chi connectivity index (χ4n) is 3.91. The highest BCUT2D eigenvalue weighted by Gasteiger charge is 2.40. The van der Waals surface area contributed by atoms with Crippen LogP contribution in [0.1, 0.15) is 18.4 Å². The molecule has 9 heteroatoms. The van der Waals surface area contributed by atoms with Gasteiger partial charge in [-0.1, -0.05) is 6.07 Å². The zero-order valence-electron chi connectivity index (χ0n) is 14.6. The van der Waals surface area contributed by atoms with Gasteiger partial charge >= 0.3 is 11.7 Å². The third-order valence-corrected chi connectivity index (χ3v) is 5.19. The number of nitro groups is 1. The topological polar surface area (TPSA) is 108 Å². The van der Waals surface area contributed by atoms with Gasteiger partial charge in [-0.05, 0) is 36.3 Å². The van der Waals surface area contributed by atoms with Crippen LogP contribution in [0.25, 0.3) is 0 Å². The molecule has 1 aliphatic heterocycles. The van der Waals surface area contributed by atoms with E-state index in [-0.39, 0.29) is 36.5 Å². The molecule has 0 radical (unpaired) electrons. The van der Waals surface area contributed by atoms with Crippen molar-refractivity contribution in [2.75, 3.05) is 26.8 Å². The predicted molar refractivity (Wildman–Crippen MR) is 97.3 cm³/mol. The number of hydrogen-bond acceptors (Lipinski definition) is 7. The van der Waals surface area contributed by atoms with Gasteiger partial charge in [-0.15, -0.1) is 12.4 Å². The lowest BCUT2D eigenvalue weighted by atomic mass is 9.98. The highest BCUT2D eigenvalue weighted by molar-refractivity contribution is 5.85. The van der Waals surface area contributed by atoms with Gasteiger partial charge in [0, 0.05) is 31.7 Å². The highest BCUT2D eigenvalue weighted by atomic mass is 35.5. The zero-order chi connectivity index (χ0) is 18.0. The van der Waals surface area contributed by atoms with Crippen LogP contribution in [0.5, 0.6) is 5.75 Å². The highest BCUT2D eigenvalue weighted by Crippen LogP contribution is 2.38. The molecular weight excluding hydrogens is 362 g/mol. The lowest BCUT2D eigenvalue weighted by molar-refractivity contribution is -0.385. The number of rotatable bonds is 6. The van der Waals surface area contributed by atoms with Crippen LogP contribution in [-0.2, 0) is 16.1 Å². The molecule has 2 fully saturated rings. The number of benzene rings is 1. The first-order valence-electron chi connectivity index (χ1n) is 8.42. The number of halogens is 1. The van der Waals surface area contributed by atoms with Gasteiger partial charge < -0.3 is 15.2 Å². The Bertz CT molecular complexity index is 672. The number of nitro benzene ring substituents is 1. The molecule has 1 aromatic carbocycles. The van der Waals surface area contributed by atoms with Crippen LogP contribution in [0.4, 0.5) is 5.69 Å². The Labute approximate surface area is 158 Å². The number of ether oxygens (including phenoxy) is 2. The number of fused-ring (bicyclic) bond motifs is 1. The fraction of sp³-hybridized carbons (Fsp3) is 0.588. The molecule has 0 spiro atoms. The number of esters is 1. The lowest BCUT2D eigenvalue weighted by Gasteiger charge is -2.18. The van der Waals surface area contributed by atoms with Crippen molar-refractivity contribution in [2.24, 2.45) is 17.6 Å². The average Bonchev–Trinajstić information content (AvgIpc) is 3.14. The molecule has 3 rings (SSSR count). The van der Waals surface area contributed by atoms with E-state index in [1.807, 2.05) is 0 Å². The maximum atomic E-state index is 11.3. The Hall–Kier alpha value is -1.90. The van der Waals surface area contributed by atoms with Crippen molar-refractivity contribution in [3.05, 3.63) is 33.9 Å². The molecule has 0 aromatic heterocycles. The van der Waals surface area contributed by atoms with Crippen molar-refractivity contribution < 1.29 is 19.2 Å². The number of likely N-dealkylation sites (tertiary alicyclic amines) is 1. The monoisotopic (exact) mass is 385 g/mol. The van der Waals surface area contributed by atoms with Gasteiger partial charge in [0.15, 0.2) is 12.4 Å². The Morgan fingerprint density at radius 3 is 2.81 bits per heavy atom. The van der Waals surface area contributed by atoms with E-state index in [0.717, 1.165) is 25.1 Å². The van der Waals surface area contributed by atoms with E-state index in [9.17, 15) is 14.9 Å². The molecule has 3 atom stereocenters. The fourth-order valence-corrected chi connectivity index (χ4v) is 3.91. The van der Waals surface area contributed by atoms with Crippen LogP contribution in [0.3, 0.4) is 0 Å². The summed E-state index contributed by atoms with van der Waals surface area (Å²) >= 11 is 0. The third kappa shape index (κ3) is 4.44. The quantitative estimate of drug-likeness (QED) is 0.451. The molecular formula is C17H24ClN3O5. The molecule has 1 aliphatic carbocycles. The van der Waals surface area contributed by atoms with Gasteiger partial charge in [-0.2, -0.15) is 0 Å². The van der Waals surface area contributed by atoms with E-state index in [0.29, 0.717) is 18.4 Å². The molecule has 144 valence electrons. The number of carbonyl (C=O) groups excluding carboxylic acids is 1. The normalized spacial score (nSPS) is 24.6. The second kappa shape index (κ2) is 8.66. The molecule has 1 saturated carbocycles. The smallest absolute Gasteiger partial charge is 0.343 e. The van der Waals surface area contributed by atoms with Crippen LogP contribution in [0, 0.1) is 22.0 Å². The Morgan fingerprint density at radius 2 is 2.15 bits per heavy atom. The zero-order valence-corrected chi connectivity index (χ0v) is 15.4. The summed E-state index contributed by atoms with van der Waals surface area (Å²) in [7, 11) is 1.24. The van der Waals surface area contributed by atoms with Gasteiger partial charge in [-0.25, -0.2) is 4.79 Å². The number of hydrogen-bond donors (Lipinski definition) is 1. The minimum Gasteiger partial charge on any atom is -0.475 e. The van der Waals surface area contributed by atoms with Crippen molar-refractivity contribution in [1.82, 2.24) is 4.90 Å². The van der Waals surface area contributed by atoms with Crippen molar-refractivity contribution >= 4 is 24.1 Å². The van der Waals surface area contributed by atoms with Crippen LogP contribution in [0.2, 0.25) is 0 Å². The van der Waals surface area contributed by atoms with Crippen molar-refractivity contribution in [1.29, 1.82) is 0 Å². The first-order valence-corrected chi connectivity index (χ1v) is 8.42. The summed E-state index contributed by atoms with van der Waals surface area (Å²) in [6, 6.07) is 5.13. The molecule has 2 aliphatic rings. The summed E-state index contributed by atoms with van der Waals surface area (Å²) in [5.74, 6) is 0.670. The van der Waals surface area contributed by atoms with Crippen molar-refractivity contribution in [3.8, 4) is 5.75 Å². The number of nitrogens with zero attached hydrogens (tertiary/aromatic N) is 2. The van der Waals surface area contributed by atoms with E-state index in [4.69, 9.17) is 10.5 Å². The summed E-state index contributed by atoms with van der Waals surface area (Å²) in [5.41, 5.74) is 6.87. The maximum absolute atomic E-state index is 11.3. The minimum atomic E-state index is -0.585. The molecule has 1 saturated heterocycles. The minimum absolute atomic E-state index is 0. The first-order chi connectivity index (χ1) is 12.0. The number of nitrogens with two attached hydrogens (primary N) is 1. The largest absolute Gasteiger partial charge is 0.475 e. The molecule has 0 bridgehead atoms. The molecule has 2 N–H and O–H groups in total. The van der Waals surface area contributed by atoms with Crippen molar-refractivity contribution in [2.45, 2.75) is 25.4 Å². The van der Waals surface area contributed by atoms with Crippen LogP contribution in [0.15, 0.2) is 18.2 Å². The second-order valence-electron chi connectivity index (χ2n) is 6.78. The Kier molecular flexibility index (Phi) is 6.80. The predicted octanol–water partition coefficient (Wildman–Crippen LogP) is 1.74. The van der Waals surface area contributed by atoms with Gasteiger partial charge in [0.25, 0.3) is 0 Å². The van der Waals surface area contributed by atoms with Gasteiger partial charge in [-0.3, -0.25) is 15.0 Å². The lowest BCUT2D eigenvalue weighted by Crippen LogP contribution is -2.30. The van der Waals surface area contributed by atoms with Crippen LogP contribution < -0.4 is 10.5 Å². The SMILES string of the molecule is COC(=O)COc1ccc(CN2CC3CCC(N)C3C2)cc1[N+](=O)[O-].Cl. The first kappa shape index (κ1) is 20.4. The molecule has 8 nitrogen and oxygen atoms in total. The van der Waals surface area contributed by atoms with Gasteiger partial charge in [0.2, 0.25) is 0 Å². The summed E-state index contributed by atoms with van der Waals surface area (Å²) in [6.45, 7) is 2.23.